The van der Waals surface area contributed by atoms with Gasteiger partial charge in [0.15, 0.2) is 0 Å². The van der Waals surface area contributed by atoms with Gasteiger partial charge in [0, 0.05) is 17.7 Å². The van der Waals surface area contributed by atoms with E-state index in [1.54, 1.807) is 0 Å². The molecule has 14 heavy (non-hydrogen) atoms. The van der Waals surface area contributed by atoms with Crippen molar-refractivity contribution in [3.8, 4) is 12.3 Å². The Balaban J connectivity index is 3.67. The Bertz CT molecular complexity index is 159. The molecule has 1 nitrogen and oxygen atoms in total. The van der Waals surface area contributed by atoms with E-state index in [1.165, 1.54) is 12.8 Å². The highest BCUT2D eigenvalue weighted by atomic mass is 32.2. The fraction of sp³-hybridized carbons (Fsp3) is 0.833. The average Bonchev–Trinajstić information content (AvgIpc) is 2.24. The smallest absolute Gasteiger partial charge is 0.0276 e. The minimum atomic E-state index is 0.427. The van der Waals surface area contributed by atoms with Crippen molar-refractivity contribution < 1.29 is 0 Å². The van der Waals surface area contributed by atoms with E-state index in [2.05, 4.69) is 31.3 Å². The maximum Gasteiger partial charge on any atom is 0.0276 e. The molecule has 0 amide bonds. The lowest BCUT2D eigenvalue weighted by molar-refractivity contribution is 0.493. The molecule has 0 saturated carbocycles. The third kappa shape index (κ3) is 4.93. The normalized spacial score (nSPS) is 11.3. The lowest BCUT2D eigenvalue weighted by atomic mass is 10.0. The van der Waals surface area contributed by atoms with E-state index in [4.69, 9.17) is 6.42 Å². The van der Waals surface area contributed by atoms with Gasteiger partial charge in [-0.25, -0.2) is 0 Å². The Hall–Kier alpha value is -0.130. The number of hydrogen-bond acceptors (Lipinski definition) is 2. The van der Waals surface area contributed by atoms with Crippen LogP contribution in [0.5, 0.6) is 0 Å². The highest BCUT2D eigenvalue weighted by Crippen LogP contribution is 2.29. The summed E-state index contributed by atoms with van der Waals surface area (Å²) in [6.07, 6.45) is 11.8. The fourth-order valence-electron chi connectivity index (χ4n) is 1.49. The van der Waals surface area contributed by atoms with Gasteiger partial charge < -0.3 is 5.32 Å². The molecule has 0 aliphatic carbocycles. The van der Waals surface area contributed by atoms with Gasteiger partial charge in [0.05, 0.1) is 0 Å². The molecular weight excluding hydrogens is 190 g/mol. The second-order valence-corrected chi connectivity index (χ2v) is 4.85. The van der Waals surface area contributed by atoms with Crippen LogP contribution in [0.1, 0.15) is 39.5 Å². The number of unbranched alkanes of at least 4 members (excludes halogenated alkanes) is 1. The van der Waals surface area contributed by atoms with Crippen LogP contribution >= 0.6 is 11.8 Å². The first-order valence-electron chi connectivity index (χ1n) is 5.44. The Morgan fingerprint density at radius 1 is 1.36 bits per heavy atom. The molecule has 0 fully saturated rings. The van der Waals surface area contributed by atoms with Gasteiger partial charge in [0.1, 0.15) is 0 Å². The molecule has 0 saturated heterocycles. The Labute approximate surface area is 93.4 Å². The molecule has 0 atom stereocenters. The molecule has 2 heteroatoms. The van der Waals surface area contributed by atoms with Crippen LogP contribution in [0.25, 0.3) is 0 Å². The van der Waals surface area contributed by atoms with Gasteiger partial charge in [-0.3, -0.25) is 0 Å². The topological polar surface area (TPSA) is 12.0 Å². The highest BCUT2D eigenvalue weighted by Gasteiger charge is 2.23. The first kappa shape index (κ1) is 13.9. The monoisotopic (exact) mass is 213 g/mol. The van der Waals surface area contributed by atoms with Crippen molar-refractivity contribution >= 4 is 11.8 Å². The summed E-state index contributed by atoms with van der Waals surface area (Å²) in [6.45, 7) is 6.69. The average molecular weight is 213 g/mol. The van der Waals surface area contributed by atoms with Crippen molar-refractivity contribution in [2.45, 2.75) is 44.3 Å². The Morgan fingerprint density at radius 2 is 2.00 bits per heavy atom. The van der Waals surface area contributed by atoms with Crippen molar-refractivity contribution in [1.82, 2.24) is 5.32 Å². The summed E-state index contributed by atoms with van der Waals surface area (Å²) < 4.78 is 0.427. The van der Waals surface area contributed by atoms with Crippen molar-refractivity contribution in [1.29, 1.82) is 0 Å². The summed E-state index contributed by atoms with van der Waals surface area (Å²) in [5, 5.41) is 3.50. The van der Waals surface area contributed by atoms with Gasteiger partial charge in [-0.1, -0.05) is 13.8 Å². The van der Waals surface area contributed by atoms with Gasteiger partial charge in [0.25, 0.3) is 0 Å². The summed E-state index contributed by atoms with van der Waals surface area (Å²) in [5.74, 6) is 2.66. The quantitative estimate of drug-likeness (QED) is 0.491. The van der Waals surface area contributed by atoms with Crippen LogP contribution in [-0.4, -0.2) is 24.1 Å². The predicted molar refractivity (Wildman–Crippen MR) is 67.8 cm³/mol. The molecule has 0 aliphatic heterocycles. The third-order valence-corrected chi connectivity index (χ3v) is 4.43. The molecule has 0 bridgehead atoms. The van der Waals surface area contributed by atoms with Crippen molar-refractivity contribution in [3.63, 3.8) is 0 Å². The van der Waals surface area contributed by atoms with Gasteiger partial charge in [-0.15, -0.1) is 12.3 Å². The molecule has 82 valence electrons. The molecule has 0 aliphatic rings. The van der Waals surface area contributed by atoms with E-state index in [1.807, 2.05) is 11.8 Å². The van der Waals surface area contributed by atoms with Crippen molar-refractivity contribution in [2.75, 3.05) is 19.3 Å². The number of rotatable bonds is 8. The van der Waals surface area contributed by atoms with Gasteiger partial charge >= 0.3 is 0 Å². The Kier molecular flexibility index (Phi) is 8.12. The summed E-state index contributed by atoms with van der Waals surface area (Å²) in [7, 11) is 0. The maximum atomic E-state index is 5.19. The fourth-order valence-corrected chi connectivity index (χ4v) is 2.32. The van der Waals surface area contributed by atoms with E-state index in [9.17, 15) is 0 Å². The van der Waals surface area contributed by atoms with Crippen molar-refractivity contribution in [2.24, 2.45) is 0 Å². The molecule has 0 aromatic carbocycles. The zero-order valence-corrected chi connectivity index (χ0v) is 10.5. The van der Waals surface area contributed by atoms with Crippen LogP contribution in [0.3, 0.4) is 0 Å². The first-order valence-corrected chi connectivity index (χ1v) is 6.66. The minimum absolute atomic E-state index is 0.427. The van der Waals surface area contributed by atoms with E-state index in [0.717, 1.165) is 25.9 Å². The molecule has 0 heterocycles. The second kappa shape index (κ2) is 8.20. The molecule has 0 unspecified atom stereocenters. The number of terminal acetylenes is 1. The van der Waals surface area contributed by atoms with Crippen LogP contribution in [0.15, 0.2) is 0 Å². The largest absolute Gasteiger partial charge is 0.315 e. The van der Waals surface area contributed by atoms with Crippen molar-refractivity contribution in [3.05, 3.63) is 0 Å². The summed E-state index contributed by atoms with van der Waals surface area (Å²) >= 11 is 1.98. The summed E-state index contributed by atoms with van der Waals surface area (Å²) in [6, 6.07) is 0. The zero-order valence-electron chi connectivity index (χ0n) is 9.73. The second-order valence-electron chi connectivity index (χ2n) is 3.58. The maximum absolute atomic E-state index is 5.19. The molecule has 1 N–H and O–H groups in total. The van der Waals surface area contributed by atoms with Crippen LogP contribution in [0, 0.1) is 12.3 Å². The van der Waals surface area contributed by atoms with E-state index in [-0.39, 0.29) is 0 Å². The lowest BCUT2D eigenvalue weighted by Crippen LogP contribution is -2.36. The van der Waals surface area contributed by atoms with E-state index in [0.29, 0.717) is 4.75 Å². The summed E-state index contributed by atoms with van der Waals surface area (Å²) in [5.41, 5.74) is 0. The first-order chi connectivity index (χ1) is 6.74. The van der Waals surface area contributed by atoms with Gasteiger partial charge in [-0.05, 0) is 32.1 Å². The minimum Gasteiger partial charge on any atom is -0.315 e. The number of nitrogens with one attached hydrogen (secondary N) is 1. The SMILES string of the molecule is C#CCCCNCC(CC)(CC)SC. The molecule has 0 spiro atoms. The lowest BCUT2D eigenvalue weighted by Gasteiger charge is -2.29. The van der Waals surface area contributed by atoms with Gasteiger partial charge in [-0.2, -0.15) is 11.8 Å². The van der Waals surface area contributed by atoms with Crippen LogP contribution in [0.2, 0.25) is 0 Å². The molecular formula is C12H23NS. The number of thioether (sulfide) groups is 1. The molecule has 0 aromatic heterocycles. The zero-order chi connectivity index (χ0) is 10.9. The summed E-state index contributed by atoms with van der Waals surface area (Å²) in [4.78, 5) is 0. The Morgan fingerprint density at radius 3 is 2.43 bits per heavy atom. The standard InChI is InChI=1S/C12H23NS/c1-5-8-9-10-13-11-12(6-2,7-3)14-4/h1,13H,6-11H2,2-4H3. The van der Waals surface area contributed by atoms with E-state index < -0.39 is 0 Å². The van der Waals surface area contributed by atoms with Crippen LogP contribution < -0.4 is 5.32 Å². The highest BCUT2D eigenvalue weighted by molar-refractivity contribution is 8.00. The van der Waals surface area contributed by atoms with Crippen LogP contribution in [-0.2, 0) is 0 Å². The third-order valence-electron chi connectivity index (χ3n) is 2.84. The molecule has 0 radical (unpaired) electrons. The molecule has 0 aromatic rings. The number of hydrogen-bond donors (Lipinski definition) is 1. The van der Waals surface area contributed by atoms with Gasteiger partial charge in [0.2, 0.25) is 0 Å². The predicted octanol–water partition coefficient (Wildman–Crippen LogP) is 2.91. The van der Waals surface area contributed by atoms with Crippen LogP contribution in [0.4, 0.5) is 0 Å². The van der Waals surface area contributed by atoms with E-state index >= 15 is 0 Å². The molecule has 0 rings (SSSR count).